The SMILES string of the molecule is Cc1ccc(OCCN(C)CCn2c(=O)oc3ccccc32)cc1. The summed E-state index contributed by atoms with van der Waals surface area (Å²) in [7, 11) is 2.02. The fourth-order valence-electron chi connectivity index (χ4n) is 2.56. The second-order valence-corrected chi connectivity index (χ2v) is 5.95. The van der Waals surface area contributed by atoms with E-state index in [2.05, 4.69) is 11.8 Å². The van der Waals surface area contributed by atoms with Crippen molar-refractivity contribution < 1.29 is 9.15 Å². The molecule has 0 amide bonds. The molecule has 2 aromatic carbocycles. The molecular weight excluding hydrogens is 304 g/mol. The molecular formula is C19H22N2O3. The molecule has 1 heterocycles. The Balaban J connectivity index is 1.50. The zero-order chi connectivity index (χ0) is 16.9. The smallest absolute Gasteiger partial charge is 0.419 e. The Bertz CT molecular complexity index is 849. The minimum absolute atomic E-state index is 0.305. The van der Waals surface area contributed by atoms with Crippen molar-refractivity contribution in [3.8, 4) is 5.75 Å². The predicted octanol–water partition coefficient (Wildman–Crippen LogP) is 2.91. The maximum atomic E-state index is 11.9. The molecule has 0 aliphatic rings. The summed E-state index contributed by atoms with van der Waals surface area (Å²) in [4.78, 5) is 14.1. The molecule has 0 fully saturated rings. The van der Waals surface area contributed by atoms with Crippen LogP contribution < -0.4 is 10.5 Å². The summed E-state index contributed by atoms with van der Waals surface area (Å²) in [5.74, 6) is 0.576. The van der Waals surface area contributed by atoms with E-state index in [0.29, 0.717) is 18.7 Å². The highest BCUT2D eigenvalue weighted by Crippen LogP contribution is 2.12. The molecule has 5 heteroatoms. The van der Waals surface area contributed by atoms with Gasteiger partial charge in [0.25, 0.3) is 0 Å². The molecule has 0 aliphatic heterocycles. The predicted molar refractivity (Wildman–Crippen MR) is 94.6 cm³/mol. The second-order valence-electron chi connectivity index (χ2n) is 5.95. The first-order valence-corrected chi connectivity index (χ1v) is 8.10. The number of fused-ring (bicyclic) bond motifs is 1. The lowest BCUT2D eigenvalue weighted by atomic mass is 10.2. The van der Waals surface area contributed by atoms with Crippen LogP contribution in [-0.4, -0.2) is 36.2 Å². The lowest BCUT2D eigenvalue weighted by molar-refractivity contribution is 0.231. The maximum absolute atomic E-state index is 11.9. The van der Waals surface area contributed by atoms with Crippen molar-refractivity contribution in [1.82, 2.24) is 9.47 Å². The van der Waals surface area contributed by atoms with Gasteiger partial charge in [-0.05, 0) is 38.2 Å². The Labute approximate surface area is 141 Å². The number of aromatic nitrogens is 1. The van der Waals surface area contributed by atoms with Gasteiger partial charge in [-0.15, -0.1) is 0 Å². The van der Waals surface area contributed by atoms with Crippen molar-refractivity contribution in [1.29, 1.82) is 0 Å². The van der Waals surface area contributed by atoms with Crippen molar-refractivity contribution in [2.45, 2.75) is 13.5 Å². The van der Waals surface area contributed by atoms with E-state index in [9.17, 15) is 4.79 Å². The first-order chi connectivity index (χ1) is 11.6. The highest BCUT2D eigenvalue weighted by atomic mass is 16.5. The van der Waals surface area contributed by atoms with Gasteiger partial charge in [-0.1, -0.05) is 29.8 Å². The van der Waals surface area contributed by atoms with Crippen LogP contribution >= 0.6 is 0 Å². The van der Waals surface area contributed by atoms with Gasteiger partial charge in [-0.2, -0.15) is 0 Å². The lowest BCUT2D eigenvalue weighted by Gasteiger charge is -2.17. The van der Waals surface area contributed by atoms with Gasteiger partial charge in [0.05, 0.1) is 5.52 Å². The molecule has 0 bridgehead atoms. The third-order valence-electron chi connectivity index (χ3n) is 4.04. The van der Waals surface area contributed by atoms with Gasteiger partial charge in [0.15, 0.2) is 5.58 Å². The number of hydrogen-bond donors (Lipinski definition) is 0. The van der Waals surface area contributed by atoms with Gasteiger partial charge in [0.1, 0.15) is 12.4 Å². The maximum Gasteiger partial charge on any atom is 0.419 e. The van der Waals surface area contributed by atoms with Crippen molar-refractivity contribution in [3.05, 3.63) is 64.6 Å². The quantitative estimate of drug-likeness (QED) is 0.670. The van der Waals surface area contributed by atoms with E-state index in [4.69, 9.17) is 9.15 Å². The van der Waals surface area contributed by atoms with Crippen LogP contribution in [0, 0.1) is 6.92 Å². The molecule has 0 N–H and O–H groups in total. The highest BCUT2D eigenvalue weighted by molar-refractivity contribution is 5.72. The monoisotopic (exact) mass is 326 g/mol. The number of benzene rings is 2. The summed E-state index contributed by atoms with van der Waals surface area (Å²) in [6.07, 6.45) is 0. The van der Waals surface area contributed by atoms with Gasteiger partial charge >= 0.3 is 5.76 Å². The number of para-hydroxylation sites is 2. The van der Waals surface area contributed by atoms with Gasteiger partial charge in [-0.3, -0.25) is 4.57 Å². The molecule has 24 heavy (non-hydrogen) atoms. The van der Waals surface area contributed by atoms with Crippen LogP contribution in [0.4, 0.5) is 0 Å². The average Bonchev–Trinajstić information content (AvgIpc) is 2.90. The summed E-state index contributed by atoms with van der Waals surface area (Å²) in [6.45, 7) is 4.80. The van der Waals surface area contributed by atoms with Crippen LogP contribution in [0.15, 0.2) is 57.7 Å². The van der Waals surface area contributed by atoms with Crippen molar-refractivity contribution in [3.63, 3.8) is 0 Å². The van der Waals surface area contributed by atoms with Crippen LogP contribution in [0.1, 0.15) is 5.56 Å². The molecule has 0 atom stereocenters. The first-order valence-electron chi connectivity index (χ1n) is 8.10. The normalized spacial score (nSPS) is 11.3. The molecule has 3 rings (SSSR count). The topological polar surface area (TPSA) is 47.6 Å². The van der Waals surface area contributed by atoms with E-state index in [-0.39, 0.29) is 5.76 Å². The summed E-state index contributed by atoms with van der Waals surface area (Å²) >= 11 is 0. The number of nitrogens with zero attached hydrogens (tertiary/aromatic N) is 2. The summed E-state index contributed by atoms with van der Waals surface area (Å²) in [5.41, 5.74) is 2.69. The fraction of sp³-hybridized carbons (Fsp3) is 0.316. The molecule has 3 aromatic rings. The molecule has 0 saturated heterocycles. The van der Waals surface area contributed by atoms with Crippen LogP contribution in [0.2, 0.25) is 0 Å². The standard InChI is InChI=1S/C19H22N2O3/c1-15-7-9-16(10-8-15)23-14-13-20(2)11-12-21-17-5-3-4-6-18(17)24-19(21)22/h3-10H,11-14H2,1-2H3. The zero-order valence-electron chi connectivity index (χ0n) is 14.1. The first kappa shape index (κ1) is 16.3. The largest absolute Gasteiger partial charge is 0.492 e. The average molecular weight is 326 g/mol. The Morgan fingerprint density at radius 2 is 1.83 bits per heavy atom. The van der Waals surface area contributed by atoms with Gasteiger partial charge in [-0.25, -0.2) is 4.79 Å². The third-order valence-corrected chi connectivity index (χ3v) is 4.04. The number of hydrogen-bond acceptors (Lipinski definition) is 4. The van der Waals surface area contributed by atoms with Crippen molar-refractivity contribution in [2.75, 3.05) is 26.7 Å². The number of ether oxygens (including phenoxy) is 1. The van der Waals surface area contributed by atoms with Crippen molar-refractivity contribution in [2.24, 2.45) is 0 Å². The van der Waals surface area contributed by atoms with E-state index in [1.807, 2.05) is 55.6 Å². The van der Waals surface area contributed by atoms with Crippen LogP contribution in [0.3, 0.4) is 0 Å². The van der Waals surface area contributed by atoms with Crippen LogP contribution in [-0.2, 0) is 6.54 Å². The second kappa shape index (κ2) is 7.36. The Morgan fingerprint density at radius 1 is 1.08 bits per heavy atom. The Morgan fingerprint density at radius 3 is 2.62 bits per heavy atom. The summed E-state index contributed by atoms with van der Waals surface area (Å²) in [5, 5.41) is 0. The molecule has 0 aliphatic carbocycles. The fourth-order valence-corrected chi connectivity index (χ4v) is 2.56. The third kappa shape index (κ3) is 3.86. The molecule has 0 saturated carbocycles. The van der Waals surface area contributed by atoms with Crippen LogP contribution in [0.25, 0.3) is 11.1 Å². The van der Waals surface area contributed by atoms with E-state index in [1.54, 1.807) is 4.57 Å². The zero-order valence-corrected chi connectivity index (χ0v) is 14.1. The summed E-state index contributed by atoms with van der Waals surface area (Å²) < 4.78 is 12.7. The van der Waals surface area contributed by atoms with Crippen molar-refractivity contribution >= 4 is 11.1 Å². The van der Waals surface area contributed by atoms with E-state index in [1.165, 1.54) is 5.56 Å². The molecule has 0 unspecified atom stereocenters. The Kier molecular flexibility index (Phi) is 5.01. The molecule has 5 nitrogen and oxygen atoms in total. The number of likely N-dealkylation sites (N-methyl/N-ethyl adjacent to an activating group) is 1. The highest BCUT2D eigenvalue weighted by Gasteiger charge is 2.09. The molecule has 126 valence electrons. The number of aryl methyl sites for hydroxylation is 1. The van der Waals surface area contributed by atoms with E-state index in [0.717, 1.165) is 24.4 Å². The summed E-state index contributed by atoms with van der Waals surface area (Å²) in [6, 6.07) is 15.5. The Hall–Kier alpha value is -2.53. The van der Waals surface area contributed by atoms with E-state index >= 15 is 0 Å². The van der Waals surface area contributed by atoms with Crippen LogP contribution in [0.5, 0.6) is 5.75 Å². The van der Waals surface area contributed by atoms with Gasteiger partial charge < -0.3 is 14.1 Å². The van der Waals surface area contributed by atoms with Gasteiger partial charge in [0, 0.05) is 19.6 Å². The minimum atomic E-state index is -0.305. The number of rotatable bonds is 7. The van der Waals surface area contributed by atoms with Gasteiger partial charge in [0.2, 0.25) is 0 Å². The minimum Gasteiger partial charge on any atom is -0.492 e. The van der Waals surface area contributed by atoms with E-state index < -0.39 is 0 Å². The molecule has 1 aromatic heterocycles. The number of oxazole rings is 1. The lowest BCUT2D eigenvalue weighted by Crippen LogP contribution is -2.29. The molecule has 0 spiro atoms. The molecule has 0 radical (unpaired) electrons.